The molecule has 2 aromatic rings. The maximum Gasteiger partial charge on any atom is 0.335 e. The molecule has 44 heteroatoms. The van der Waals surface area contributed by atoms with Gasteiger partial charge in [-0.25, -0.2) is 9.59 Å². The third kappa shape index (κ3) is 33.2. The van der Waals surface area contributed by atoms with Crippen LogP contribution in [0.25, 0.3) is 10.9 Å². The van der Waals surface area contributed by atoms with E-state index in [0.717, 1.165) is 60.1 Å². The molecule has 3 rings (SSSR count). The molecule has 1 aromatic carbocycles. The fourth-order valence-electron chi connectivity index (χ4n) is 11.9. The van der Waals surface area contributed by atoms with Gasteiger partial charge in [0, 0.05) is 56.9 Å². The second-order valence-electron chi connectivity index (χ2n) is 27.9. The van der Waals surface area contributed by atoms with Gasteiger partial charge in [0.25, 0.3) is 0 Å². The Labute approximate surface area is 665 Å². The number of nitrogens with zero attached hydrogens (tertiary/aromatic N) is 1. The van der Waals surface area contributed by atoms with E-state index in [4.69, 9.17) is 26.7 Å². The number of amides is 15. The number of cyclic esters (lactones) is 1. The SMILES string of the molecule is CCCCCCCCCC(=O)NC(Cc1c[nH]c2ccccc12)C(=O)NC(CCC(=O)O)C(=O)NC(C(=O)NC1C(=O)N(C)CC(=O)NC(C)C(=O)NC(CC(=O)O)C(=O)NC(CCCCN)C(=O)NC(C(OC)C(=O)O)C(=O)NCC(=O)NC(CC(N)=O)C(=O)NC(CCC(=O)O)C(=O)NC(C(C)CC)C(=O)O[C@H]1C)C(O)C(N)=O. The number of hydrogen-bond donors (Lipinski definition) is 21. The van der Waals surface area contributed by atoms with Crippen LogP contribution in [-0.2, 0) is 112 Å². The molecule has 15 atom stereocenters. The van der Waals surface area contributed by atoms with Gasteiger partial charge >= 0.3 is 29.8 Å². The number of methoxy groups -OCH3 is 1. The number of aromatic nitrogens is 1. The first kappa shape index (κ1) is 98.2. The summed E-state index contributed by atoms with van der Waals surface area (Å²) in [7, 11) is 1.70. The van der Waals surface area contributed by atoms with Crippen molar-refractivity contribution < 1.29 is 131 Å². The molecular weight excluding hydrogens is 1530 g/mol. The van der Waals surface area contributed by atoms with E-state index in [9.17, 15) is 121 Å². The molecule has 0 aliphatic carbocycles. The lowest BCUT2D eigenvalue weighted by molar-refractivity contribution is -0.159. The number of hydrogen-bond acceptors (Lipinski definition) is 24. The lowest BCUT2D eigenvalue weighted by Crippen LogP contribution is -2.64. The van der Waals surface area contributed by atoms with Crippen molar-refractivity contribution in [2.45, 2.75) is 241 Å². The molecule has 44 nitrogen and oxygen atoms in total. The highest BCUT2D eigenvalue weighted by Crippen LogP contribution is 2.21. The van der Waals surface area contributed by atoms with Gasteiger partial charge in [-0.15, -0.1) is 0 Å². The number of benzene rings is 1. The first-order chi connectivity index (χ1) is 54.7. The molecule has 0 bridgehead atoms. The first-order valence-corrected chi connectivity index (χ1v) is 37.6. The number of fused-ring (bicyclic) bond motifs is 1. The Morgan fingerprint density at radius 1 is 0.621 bits per heavy atom. The molecule has 0 spiro atoms. The van der Waals surface area contributed by atoms with Gasteiger partial charge in [0.05, 0.1) is 25.9 Å². The monoisotopic (exact) mass is 1640 g/mol. The van der Waals surface area contributed by atoms with Crippen molar-refractivity contribution in [1.82, 2.24) is 73.7 Å². The minimum absolute atomic E-state index is 0.00568. The molecule has 116 heavy (non-hydrogen) atoms. The summed E-state index contributed by atoms with van der Waals surface area (Å²) < 4.78 is 10.7. The topological polar surface area (TPSA) is 702 Å². The summed E-state index contributed by atoms with van der Waals surface area (Å²) in [6.45, 7) is 4.52. The molecule has 1 saturated heterocycles. The van der Waals surface area contributed by atoms with E-state index in [2.05, 4.69) is 65.1 Å². The molecule has 1 aliphatic rings. The largest absolute Gasteiger partial charge is 0.481 e. The van der Waals surface area contributed by atoms with Crippen molar-refractivity contribution in [2.24, 2.45) is 23.1 Å². The molecule has 0 radical (unpaired) electrons. The van der Waals surface area contributed by atoms with Crippen LogP contribution < -0.4 is 81.0 Å². The van der Waals surface area contributed by atoms with E-state index in [1.54, 1.807) is 30.5 Å². The molecule has 1 fully saturated rings. The van der Waals surface area contributed by atoms with Crippen molar-refractivity contribution in [3.63, 3.8) is 0 Å². The number of aliphatic hydroxyl groups excluding tert-OH is 1. The number of carboxylic acids is 4. The van der Waals surface area contributed by atoms with E-state index in [0.29, 0.717) is 34.2 Å². The number of aliphatic hydroxyl groups is 1. The van der Waals surface area contributed by atoms with Crippen molar-refractivity contribution >= 4 is 129 Å². The number of aliphatic carboxylic acids is 4. The smallest absolute Gasteiger partial charge is 0.335 e. The average molecular weight is 1640 g/mol. The van der Waals surface area contributed by atoms with E-state index in [1.165, 1.54) is 13.8 Å². The Balaban J connectivity index is 2.28. The zero-order valence-electron chi connectivity index (χ0n) is 65.5. The number of H-pyrrole nitrogens is 1. The van der Waals surface area contributed by atoms with Gasteiger partial charge in [-0.3, -0.25) is 86.3 Å². The molecule has 24 N–H and O–H groups in total. The number of carboxylic acid groups (broad SMARTS) is 4. The normalized spacial score (nSPS) is 21.8. The lowest BCUT2D eigenvalue weighted by atomic mass is 9.98. The van der Waals surface area contributed by atoms with Crippen LogP contribution in [0.5, 0.6) is 0 Å². The van der Waals surface area contributed by atoms with Crippen LogP contribution >= 0.6 is 0 Å². The van der Waals surface area contributed by atoms with Crippen LogP contribution in [-0.4, -0.2) is 272 Å². The summed E-state index contributed by atoms with van der Waals surface area (Å²) >= 11 is 0. The van der Waals surface area contributed by atoms with E-state index in [-0.39, 0.29) is 45.1 Å². The number of nitrogens with one attached hydrogen (secondary N) is 13. The second kappa shape index (κ2) is 49.6. The number of primary amides is 2. The summed E-state index contributed by atoms with van der Waals surface area (Å²) in [5.74, 6) is -29.5. The van der Waals surface area contributed by atoms with E-state index in [1.807, 2.05) is 10.6 Å². The number of aromatic amines is 1. The molecule has 14 unspecified atom stereocenters. The number of rotatable bonds is 38. The zero-order valence-corrected chi connectivity index (χ0v) is 65.5. The fraction of sp³-hybridized carbons (Fsp3) is 0.611. The first-order valence-electron chi connectivity index (χ1n) is 37.6. The maximum atomic E-state index is 15.0. The third-order valence-corrected chi connectivity index (χ3v) is 18.6. The van der Waals surface area contributed by atoms with Crippen LogP contribution in [0.4, 0.5) is 0 Å². The van der Waals surface area contributed by atoms with Gasteiger partial charge < -0.3 is 126 Å². The Morgan fingerprint density at radius 2 is 1.20 bits per heavy atom. The quantitative estimate of drug-likeness (QED) is 0.0220. The third-order valence-electron chi connectivity index (χ3n) is 18.6. The molecule has 2 heterocycles. The number of carbonyl (C=O) groups excluding carboxylic acids is 16. The number of carbonyl (C=O) groups is 20. The fourth-order valence-corrected chi connectivity index (χ4v) is 11.9. The molecule has 1 aromatic heterocycles. The summed E-state index contributed by atoms with van der Waals surface area (Å²) in [5, 5.41) is 78.0. The molecular formula is C72H109N17O27. The molecule has 1 aliphatic heterocycles. The number of likely N-dealkylation sites (N-methyl/N-ethyl adjacent to an activating group) is 1. The van der Waals surface area contributed by atoms with E-state index >= 15 is 0 Å². The minimum atomic E-state index is -2.80. The summed E-state index contributed by atoms with van der Waals surface area (Å²) in [4.78, 5) is 277. The van der Waals surface area contributed by atoms with Gasteiger partial charge in [0.1, 0.15) is 72.6 Å². The number of nitrogens with two attached hydrogens (primary N) is 3. The number of esters is 1. The summed E-state index contributed by atoms with van der Waals surface area (Å²) in [6, 6.07) is -15.7. The second-order valence-corrected chi connectivity index (χ2v) is 27.9. The van der Waals surface area contributed by atoms with Gasteiger partial charge in [0.15, 0.2) is 12.2 Å². The van der Waals surface area contributed by atoms with Crippen LogP contribution in [0.1, 0.15) is 156 Å². The number of para-hydroxylation sites is 1. The Kier molecular flexibility index (Phi) is 42.0. The highest BCUT2D eigenvalue weighted by Gasteiger charge is 2.44. The Bertz CT molecular complexity index is 3840. The van der Waals surface area contributed by atoms with Crippen LogP contribution in [0.3, 0.4) is 0 Å². The van der Waals surface area contributed by atoms with Crippen molar-refractivity contribution in [3.8, 4) is 0 Å². The predicted octanol–water partition coefficient (Wildman–Crippen LogP) is -6.08. The highest BCUT2D eigenvalue weighted by molar-refractivity contribution is 6.02. The van der Waals surface area contributed by atoms with Gasteiger partial charge in [0.2, 0.25) is 88.6 Å². The minimum Gasteiger partial charge on any atom is -0.481 e. The predicted molar refractivity (Wildman–Crippen MR) is 404 cm³/mol. The number of unbranched alkanes of at least 4 members (excludes halogenated alkanes) is 7. The Hall–Kier alpha value is -12.0. The van der Waals surface area contributed by atoms with Gasteiger partial charge in [-0.2, -0.15) is 0 Å². The van der Waals surface area contributed by atoms with Gasteiger partial charge in [-0.1, -0.05) is 83.9 Å². The summed E-state index contributed by atoms with van der Waals surface area (Å²) in [6.07, 6.45) is -5.79. The summed E-state index contributed by atoms with van der Waals surface area (Å²) in [5.41, 5.74) is 17.8. The van der Waals surface area contributed by atoms with E-state index < -0.39 is 261 Å². The maximum absolute atomic E-state index is 15.0. The Morgan fingerprint density at radius 3 is 1.78 bits per heavy atom. The molecule has 0 saturated carbocycles. The number of ether oxygens (including phenoxy) is 2. The highest BCUT2D eigenvalue weighted by atomic mass is 16.5. The molecule has 15 amide bonds. The zero-order chi connectivity index (χ0) is 87.2. The van der Waals surface area contributed by atoms with Crippen molar-refractivity contribution in [2.75, 3.05) is 33.8 Å². The van der Waals surface area contributed by atoms with Gasteiger partial charge in [-0.05, 0) is 76.5 Å². The molecule has 644 valence electrons. The van der Waals surface area contributed by atoms with Crippen molar-refractivity contribution in [1.29, 1.82) is 0 Å². The lowest BCUT2D eigenvalue weighted by Gasteiger charge is -2.32. The average Bonchev–Trinajstić information content (AvgIpc) is 1.50. The van der Waals surface area contributed by atoms with Crippen LogP contribution in [0.2, 0.25) is 0 Å². The van der Waals surface area contributed by atoms with Crippen LogP contribution in [0, 0.1) is 5.92 Å². The standard InChI is InChI=1S/C72H109N17O27/c1-8-10-11-12-13-14-15-23-48(91)79-44(29-38-32-76-40-21-17-16-20-39(38)40)65(106)82-43(25-27-52(96)97)64(105)87-56(58(100)60(75)101)69(110)86-55-37(5)116-72(114)54(35(3)9-2)85-63(104)42(24-26-51(94)95)83-66(107)45(30-47(74)90)80-49(92)33-77-68(109)57(59(115-7)71(112)113)88-62(103)41(22-18-19-28-73)81-67(108)46(31-53(98)99)84-61(102)36(4)78-50(93)34-89(6)70(55)111/h16-17,20-21,32,35-37,41-46,54-59,76,100H,8-15,18-19,22-31,33-34,73H2,1-7H3,(H2,74,90)(H2,75,101)(H,77,109)(H,78,93)(H,79,91)(H,80,92)(H,81,108)(H,82,106)(H,83,107)(H,84,102)(H,85,104)(H,86,110)(H,87,105)(H,88,103)(H,94,95)(H,96,97)(H,98,99)(H,112,113)/t35?,36?,37-,41?,42?,43?,44?,45?,46?,54?,55?,56?,57?,58?,59?/m0/s1. The van der Waals surface area contributed by atoms with Crippen LogP contribution in [0.15, 0.2) is 30.5 Å². The van der Waals surface area contributed by atoms with Crippen molar-refractivity contribution in [3.05, 3.63) is 36.0 Å².